The van der Waals surface area contributed by atoms with E-state index in [4.69, 9.17) is 5.73 Å². The van der Waals surface area contributed by atoms with Crippen LogP contribution in [0.4, 0.5) is 4.79 Å². The van der Waals surface area contributed by atoms with Gasteiger partial charge in [0.25, 0.3) is 0 Å². The maximum absolute atomic E-state index is 11.1. The topological polar surface area (TPSA) is 97.1 Å². The first kappa shape index (κ1) is 12.6. The third-order valence-corrected chi connectivity index (χ3v) is 2.94. The molecule has 0 spiro atoms. The van der Waals surface area contributed by atoms with Gasteiger partial charge in [0, 0.05) is 11.1 Å². The van der Waals surface area contributed by atoms with Crippen LogP contribution in [-0.2, 0) is 4.79 Å². The van der Waals surface area contributed by atoms with Crippen molar-refractivity contribution in [1.82, 2.24) is 15.6 Å². The number of aromatic nitrogens is 1. The lowest BCUT2D eigenvalue weighted by atomic mass is 10.3. The molecule has 88 valence electrons. The second kappa shape index (κ2) is 5.57. The summed E-state index contributed by atoms with van der Waals surface area (Å²) >= 11 is 1.56. The van der Waals surface area contributed by atoms with Crippen molar-refractivity contribution in [2.45, 2.75) is 19.9 Å². The summed E-state index contributed by atoms with van der Waals surface area (Å²) in [5, 5.41) is 5.83. The highest BCUT2D eigenvalue weighted by Crippen LogP contribution is 2.18. The number of nitrogens with two attached hydrogens (primary N) is 1. The second-order valence-electron chi connectivity index (χ2n) is 3.32. The average molecular weight is 242 g/mol. The lowest BCUT2D eigenvalue weighted by Gasteiger charge is -2.09. The lowest BCUT2D eigenvalue weighted by Crippen LogP contribution is -2.41. The number of nitrogens with one attached hydrogen (secondary N) is 2. The summed E-state index contributed by atoms with van der Waals surface area (Å²) in [7, 11) is 0. The number of thiazole rings is 1. The molecule has 1 aromatic heterocycles. The largest absolute Gasteiger partial charge is 0.351 e. The Morgan fingerprint density at radius 2 is 2.31 bits per heavy atom. The second-order valence-corrected chi connectivity index (χ2v) is 4.59. The van der Waals surface area contributed by atoms with Crippen LogP contribution in [0.2, 0.25) is 0 Å². The Morgan fingerprint density at radius 1 is 1.62 bits per heavy atom. The molecule has 0 saturated carbocycles. The number of rotatable bonds is 4. The molecule has 0 aromatic carbocycles. The first-order valence-electron chi connectivity index (χ1n) is 4.74. The molecule has 4 N–H and O–H groups in total. The Labute approximate surface area is 97.2 Å². The summed E-state index contributed by atoms with van der Waals surface area (Å²) in [4.78, 5) is 26.8. The van der Waals surface area contributed by atoms with Gasteiger partial charge in [0.2, 0.25) is 5.91 Å². The van der Waals surface area contributed by atoms with Gasteiger partial charge in [-0.25, -0.2) is 9.78 Å². The van der Waals surface area contributed by atoms with E-state index < -0.39 is 11.9 Å². The Hall–Kier alpha value is -1.47. The van der Waals surface area contributed by atoms with Crippen molar-refractivity contribution in [1.29, 1.82) is 0 Å². The number of primary amides is 1. The predicted octanol–water partition coefficient (Wildman–Crippen LogP) is 0.297. The van der Waals surface area contributed by atoms with Crippen LogP contribution < -0.4 is 16.4 Å². The molecule has 1 heterocycles. The molecule has 1 rings (SSSR count). The molecule has 3 amide bonds. The third kappa shape index (κ3) is 3.95. The zero-order valence-corrected chi connectivity index (χ0v) is 9.93. The number of hydrogen-bond donors (Lipinski definition) is 3. The first-order valence-corrected chi connectivity index (χ1v) is 5.55. The highest BCUT2D eigenvalue weighted by Gasteiger charge is 2.11. The van der Waals surface area contributed by atoms with Crippen LogP contribution in [0.1, 0.15) is 22.9 Å². The van der Waals surface area contributed by atoms with Crippen molar-refractivity contribution < 1.29 is 9.59 Å². The minimum absolute atomic E-state index is 0.0303. The molecule has 1 unspecified atom stereocenters. The highest BCUT2D eigenvalue weighted by molar-refractivity contribution is 7.11. The van der Waals surface area contributed by atoms with Crippen LogP contribution in [0, 0.1) is 6.92 Å². The number of nitrogens with zero attached hydrogens (tertiary/aromatic N) is 1. The number of urea groups is 1. The minimum atomic E-state index is -0.843. The van der Waals surface area contributed by atoms with E-state index in [1.54, 1.807) is 17.5 Å². The summed E-state index contributed by atoms with van der Waals surface area (Å²) in [5.41, 5.74) is 4.81. The SMILES string of the molecule is Cc1cnc(C(C)NCC(=O)NC(N)=O)s1. The first-order chi connectivity index (χ1) is 7.49. The normalized spacial score (nSPS) is 12.1. The number of amides is 3. The summed E-state index contributed by atoms with van der Waals surface area (Å²) in [6, 6.07) is -0.873. The van der Waals surface area contributed by atoms with Crippen molar-refractivity contribution in [3.63, 3.8) is 0 Å². The van der Waals surface area contributed by atoms with Crippen molar-refractivity contribution >= 4 is 23.3 Å². The van der Waals surface area contributed by atoms with Gasteiger partial charge in [0.15, 0.2) is 0 Å². The molecule has 1 aromatic rings. The van der Waals surface area contributed by atoms with Crippen LogP contribution in [0.15, 0.2) is 6.20 Å². The standard InChI is InChI=1S/C9H14N4O2S/c1-5-3-12-8(16-5)6(2)11-4-7(14)13-9(10)15/h3,6,11H,4H2,1-2H3,(H3,10,13,14,15). The number of carbonyl (C=O) groups is 2. The highest BCUT2D eigenvalue weighted by atomic mass is 32.1. The predicted molar refractivity (Wildman–Crippen MR) is 61.0 cm³/mol. The minimum Gasteiger partial charge on any atom is -0.351 e. The molecule has 0 saturated heterocycles. The zero-order chi connectivity index (χ0) is 12.1. The molecule has 7 heteroatoms. The smallest absolute Gasteiger partial charge is 0.318 e. The molecule has 0 aliphatic heterocycles. The molecule has 0 aliphatic carbocycles. The van der Waals surface area contributed by atoms with Gasteiger partial charge in [-0.3, -0.25) is 15.4 Å². The Bertz CT molecular complexity index is 391. The maximum atomic E-state index is 11.1. The quantitative estimate of drug-likeness (QED) is 0.707. The summed E-state index contributed by atoms with van der Waals surface area (Å²) < 4.78 is 0. The number of hydrogen-bond acceptors (Lipinski definition) is 5. The van der Waals surface area contributed by atoms with Crippen LogP contribution >= 0.6 is 11.3 Å². The van der Waals surface area contributed by atoms with Crippen molar-refractivity contribution in [3.05, 3.63) is 16.1 Å². The third-order valence-electron chi connectivity index (χ3n) is 1.84. The van der Waals surface area contributed by atoms with Gasteiger partial charge in [-0.2, -0.15) is 0 Å². The molecule has 1 atom stereocenters. The molecule has 0 bridgehead atoms. The molecule has 6 nitrogen and oxygen atoms in total. The van der Waals surface area contributed by atoms with Crippen LogP contribution in [0.3, 0.4) is 0 Å². The van der Waals surface area contributed by atoms with E-state index >= 15 is 0 Å². The van der Waals surface area contributed by atoms with Gasteiger partial charge in [0.1, 0.15) is 5.01 Å². The number of carbonyl (C=O) groups excluding carboxylic acids is 2. The number of aryl methyl sites for hydroxylation is 1. The molecular weight excluding hydrogens is 228 g/mol. The monoisotopic (exact) mass is 242 g/mol. The molecule has 16 heavy (non-hydrogen) atoms. The molecule has 0 fully saturated rings. The maximum Gasteiger partial charge on any atom is 0.318 e. The van der Waals surface area contributed by atoms with Crippen molar-refractivity contribution in [3.8, 4) is 0 Å². The van der Waals surface area contributed by atoms with Crippen LogP contribution in [-0.4, -0.2) is 23.5 Å². The van der Waals surface area contributed by atoms with Crippen LogP contribution in [0.25, 0.3) is 0 Å². The zero-order valence-electron chi connectivity index (χ0n) is 9.11. The van der Waals surface area contributed by atoms with E-state index in [9.17, 15) is 9.59 Å². The average Bonchev–Trinajstić information content (AvgIpc) is 2.60. The molecule has 0 aliphatic rings. The Kier molecular flexibility index (Phi) is 4.39. The summed E-state index contributed by atoms with van der Waals surface area (Å²) in [6.07, 6.45) is 1.78. The fourth-order valence-electron chi connectivity index (χ4n) is 1.09. The fourth-order valence-corrected chi connectivity index (χ4v) is 1.89. The molecular formula is C9H14N4O2S. The van der Waals surface area contributed by atoms with E-state index in [0.717, 1.165) is 9.88 Å². The van der Waals surface area contributed by atoms with Crippen LogP contribution in [0.5, 0.6) is 0 Å². The van der Waals surface area contributed by atoms with E-state index in [2.05, 4.69) is 10.3 Å². The van der Waals surface area contributed by atoms with Gasteiger partial charge < -0.3 is 5.73 Å². The summed E-state index contributed by atoms with van der Waals surface area (Å²) in [5.74, 6) is -0.451. The lowest BCUT2D eigenvalue weighted by molar-refractivity contribution is -0.119. The van der Waals surface area contributed by atoms with Gasteiger partial charge in [-0.15, -0.1) is 11.3 Å². The summed E-state index contributed by atoms with van der Waals surface area (Å²) in [6.45, 7) is 3.90. The number of imide groups is 1. The van der Waals surface area contributed by atoms with Gasteiger partial charge in [-0.1, -0.05) is 0 Å². The van der Waals surface area contributed by atoms with E-state index in [-0.39, 0.29) is 12.6 Å². The van der Waals surface area contributed by atoms with E-state index in [1.807, 2.05) is 19.2 Å². The van der Waals surface area contributed by atoms with Crippen molar-refractivity contribution in [2.75, 3.05) is 6.54 Å². The molecule has 0 radical (unpaired) electrons. The van der Waals surface area contributed by atoms with E-state index in [1.165, 1.54) is 0 Å². The van der Waals surface area contributed by atoms with Crippen molar-refractivity contribution in [2.24, 2.45) is 5.73 Å². The Morgan fingerprint density at radius 3 is 2.81 bits per heavy atom. The fraction of sp³-hybridized carbons (Fsp3) is 0.444. The Balaban J connectivity index is 2.38. The van der Waals surface area contributed by atoms with E-state index in [0.29, 0.717) is 0 Å². The van der Waals surface area contributed by atoms with Gasteiger partial charge in [-0.05, 0) is 13.8 Å². The van der Waals surface area contributed by atoms with Gasteiger partial charge >= 0.3 is 6.03 Å². The van der Waals surface area contributed by atoms with Gasteiger partial charge in [0.05, 0.1) is 12.6 Å².